The first kappa shape index (κ1) is 20.5. The normalized spacial score (nSPS) is 23.4. The fraction of sp³-hybridized carbons (Fsp3) is 0.556. The summed E-state index contributed by atoms with van der Waals surface area (Å²) in [5.74, 6) is 1.15. The van der Waals surface area contributed by atoms with Crippen LogP contribution in [0.2, 0.25) is 0 Å². The average Bonchev–Trinajstić information content (AvgIpc) is 2.93. The lowest BCUT2D eigenvalue weighted by Gasteiger charge is -2.40. The van der Waals surface area contributed by atoms with Crippen LogP contribution in [-0.4, -0.2) is 42.9 Å². The molecule has 2 aliphatic heterocycles. The number of carbonyl (C=O) groups excluding carboxylic acids is 1. The number of rotatable bonds is 3. The molecule has 138 valence electrons. The van der Waals surface area contributed by atoms with Crippen LogP contribution < -0.4 is 10.6 Å². The second kappa shape index (κ2) is 9.21. The van der Waals surface area contributed by atoms with Crippen LogP contribution in [0.15, 0.2) is 33.7 Å². The summed E-state index contributed by atoms with van der Waals surface area (Å²) in [6.45, 7) is 6.31. The van der Waals surface area contributed by atoms with E-state index in [1.165, 1.54) is 5.56 Å². The lowest BCUT2D eigenvalue weighted by Crippen LogP contribution is -2.51. The number of carbonyl (C=O) groups is 1. The molecule has 0 bridgehead atoms. The number of guanidine groups is 1. The number of aliphatic imine (C=N–C) groups is 1. The molecular weight excluding hydrogens is 495 g/mol. The highest BCUT2D eigenvalue weighted by Gasteiger charge is 2.42. The van der Waals surface area contributed by atoms with Crippen LogP contribution >= 0.6 is 39.9 Å². The van der Waals surface area contributed by atoms with Gasteiger partial charge in [-0.2, -0.15) is 0 Å². The molecule has 0 aromatic heterocycles. The first-order chi connectivity index (χ1) is 11.6. The van der Waals surface area contributed by atoms with Crippen LogP contribution in [0.4, 0.5) is 0 Å². The summed E-state index contributed by atoms with van der Waals surface area (Å²) in [5, 5.41) is 6.42. The van der Waals surface area contributed by atoms with Crippen molar-refractivity contribution in [3.63, 3.8) is 0 Å². The van der Waals surface area contributed by atoms with Crippen LogP contribution in [-0.2, 0) is 11.3 Å². The minimum atomic E-state index is 0. The SMILES string of the molecule is CCNC(=NCc1ccc(Br)cc1)N1CCCC2(CNC(=O)C2)C1.I. The third kappa shape index (κ3) is 5.32. The van der Waals surface area contributed by atoms with Gasteiger partial charge in [0.2, 0.25) is 5.91 Å². The van der Waals surface area contributed by atoms with Gasteiger partial charge in [-0.25, -0.2) is 4.99 Å². The molecule has 1 unspecified atom stereocenters. The van der Waals surface area contributed by atoms with E-state index in [0.29, 0.717) is 13.0 Å². The standard InChI is InChI=1S/C18H25BrN4O.HI/c1-2-20-17(21-11-14-4-6-15(19)7-5-14)23-9-3-8-18(13-23)10-16(24)22-12-18;/h4-7H,2-3,8-13H2,1H3,(H,20,21)(H,22,24);1H. The van der Waals surface area contributed by atoms with Gasteiger partial charge in [0.15, 0.2) is 5.96 Å². The fourth-order valence-corrected chi connectivity index (χ4v) is 3.88. The average molecular weight is 521 g/mol. The number of halogens is 2. The molecule has 0 radical (unpaired) electrons. The van der Waals surface area contributed by atoms with Crippen molar-refractivity contribution in [2.45, 2.75) is 32.7 Å². The first-order valence-corrected chi connectivity index (χ1v) is 9.44. The number of likely N-dealkylation sites (tertiary alicyclic amines) is 1. The highest BCUT2D eigenvalue weighted by molar-refractivity contribution is 14.0. The van der Waals surface area contributed by atoms with E-state index in [-0.39, 0.29) is 35.3 Å². The van der Waals surface area contributed by atoms with Crippen LogP contribution in [0.5, 0.6) is 0 Å². The van der Waals surface area contributed by atoms with Crippen molar-refractivity contribution in [3.8, 4) is 0 Å². The van der Waals surface area contributed by atoms with E-state index in [2.05, 4.69) is 50.5 Å². The predicted molar refractivity (Wildman–Crippen MR) is 115 cm³/mol. The molecule has 1 spiro atoms. The lowest BCUT2D eigenvalue weighted by atomic mass is 9.79. The molecule has 0 saturated carbocycles. The molecule has 1 amide bonds. The zero-order chi connectivity index (χ0) is 17.0. The third-order valence-electron chi connectivity index (χ3n) is 4.82. The van der Waals surface area contributed by atoms with Gasteiger partial charge in [0.1, 0.15) is 0 Å². The Morgan fingerprint density at radius 2 is 2.16 bits per heavy atom. The molecule has 5 nitrogen and oxygen atoms in total. The molecule has 2 aliphatic rings. The molecule has 7 heteroatoms. The molecule has 2 N–H and O–H groups in total. The zero-order valence-corrected chi connectivity index (χ0v) is 18.5. The second-order valence-electron chi connectivity index (χ2n) is 6.78. The molecule has 25 heavy (non-hydrogen) atoms. The molecule has 2 heterocycles. The third-order valence-corrected chi connectivity index (χ3v) is 5.35. The summed E-state index contributed by atoms with van der Waals surface area (Å²) in [6, 6.07) is 8.27. The minimum absolute atomic E-state index is 0. The molecule has 2 saturated heterocycles. The van der Waals surface area contributed by atoms with E-state index in [4.69, 9.17) is 4.99 Å². The van der Waals surface area contributed by atoms with E-state index < -0.39 is 0 Å². The topological polar surface area (TPSA) is 56.7 Å². The van der Waals surface area contributed by atoms with Crippen molar-refractivity contribution in [2.75, 3.05) is 26.2 Å². The maximum atomic E-state index is 11.7. The molecule has 2 fully saturated rings. The summed E-state index contributed by atoms with van der Waals surface area (Å²) in [4.78, 5) is 18.8. The summed E-state index contributed by atoms with van der Waals surface area (Å²) >= 11 is 3.46. The van der Waals surface area contributed by atoms with E-state index >= 15 is 0 Å². The number of hydrogen-bond donors (Lipinski definition) is 2. The largest absolute Gasteiger partial charge is 0.357 e. The zero-order valence-electron chi connectivity index (χ0n) is 14.6. The quantitative estimate of drug-likeness (QED) is 0.366. The van der Waals surface area contributed by atoms with Gasteiger partial charge >= 0.3 is 0 Å². The number of nitrogens with zero attached hydrogens (tertiary/aromatic N) is 2. The summed E-state index contributed by atoms with van der Waals surface area (Å²) < 4.78 is 1.08. The Morgan fingerprint density at radius 1 is 1.40 bits per heavy atom. The monoisotopic (exact) mass is 520 g/mol. The summed E-state index contributed by atoms with van der Waals surface area (Å²) in [5.41, 5.74) is 1.28. The van der Waals surface area contributed by atoms with Crippen LogP contribution in [0, 0.1) is 5.41 Å². The van der Waals surface area contributed by atoms with E-state index in [0.717, 1.165) is 49.5 Å². The summed E-state index contributed by atoms with van der Waals surface area (Å²) in [6.07, 6.45) is 2.88. The maximum absolute atomic E-state index is 11.7. The lowest BCUT2D eigenvalue weighted by molar-refractivity contribution is -0.119. The minimum Gasteiger partial charge on any atom is -0.357 e. The van der Waals surface area contributed by atoms with Crippen LogP contribution in [0.25, 0.3) is 0 Å². The highest BCUT2D eigenvalue weighted by atomic mass is 127. The molecule has 1 atom stereocenters. The fourth-order valence-electron chi connectivity index (χ4n) is 3.61. The Hall–Kier alpha value is -0.830. The van der Waals surface area contributed by atoms with Gasteiger partial charge < -0.3 is 15.5 Å². The van der Waals surface area contributed by atoms with Crippen molar-refractivity contribution >= 4 is 51.8 Å². The Balaban J connectivity index is 0.00000225. The van der Waals surface area contributed by atoms with Crippen molar-refractivity contribution in [2.24, 2.45) is 10.4 Å². The van der Waals surface area contributed by atoms with Gasteiger partial charge in [-0.3, -0.25) is 4.79 Å². The molecule has 1 aromatic carbocycles. The number of piperidine rings is 1. The first-order valence-electron chi connectivity index (χ1n) is 8.65. The predicted octanol–water partition coefficient (Wildman–Crippen LogP) is 3.13. The Labute approximate surface area is 175 Å². The number of hydrogen-bond acceptors (Lipinski definition) is 2. The van der Waals surface area contributed by atoms with Crippen molar-refractivity contribution < 1.29 is 4.79 Å². The van der Waals surface area contributed by atoms with Gasteiger partial charge in [-0.15, -0.1) is 24.0 Å². The highest BCUT2D eigenvalue weighted by Crippen LogP contribution is 2.36. The number of benzene rings is 1. The smallest absolute Gasteiger partial charge is 0.220 e. The van der Waals surface area contributed by atoms with Crippen molar-refractivity contribution in [1.29, 1.82) is 0 Å². The number of amides is 1. The van der Waals surface area contributed by atoms with Crippen molar-refractivity contribution in [3.05, 3.63) is 34.3 Å². The van der Waals surface area contributed by atoms with Crippen LogP contribution in [0.3, 0.4) is 0 Å². The number of nitrogens with one attached hydrogen (secondary N) is 2. The summed E-state index contributed by atoms with van der Waals surface area (Å²) in [7, 11) is 0. The van der Waals surface area contributed by atoms with Gasteiger partial charge in [0.05, 0.1) is 6.54 Å². The Kier molecular flexibility index (Phi) is 7.54. The maximum Gasteiger partial charge on any atom is 0.220 e. The van der Waals surface area contributed by atoms with E-state index in [1.807, 2.05) is 12.1 Å². The van der Waals surface area contributed by atoms with E-state index in [9.17, 15) is 4.79 Å². The van der Waals surface area contributed by atoms with Gasteiger partial charge in [-0.05, 0) is 37.5 Å². The molecule has 0 aliphatic carbocycles. The molecule has 3 rings (SSSR count). The van der Waals surface area contributed by atoms with E-state index in [1.54, 1.807) is 0 Å². The van der Waals surface area contributed by atoms with Gasteiger partial charge in [0, 0.05) is 42.5 Å². The second-order valence-corrected chi connectivity index (χ2v) is 7.69. The molecule has 1 aromatic rings. The van der Waals surface area contributed by atoms with Gasteiger partial charge in [-0.1, -0.05) is 28.1 Å². The van der Waals surface area contributed by atoms with Crippen LogP contribution in [0.1, 0.15) is 31.7 Å². The Morgan fingerprint density at radius 3 is 2.80 bits per heavy atom. The van der Waals surface area contributed by atoms with Gasteiger partial charge in [0.25, 0.3) is 0 Å². The Bertz CT molecular complexity index is 622. The van der Waals surface area contributed by atoms with Crippen molar-refractivity contribution in [1.82, 2.24) is 15.5 Å². The molecular formula is C18H26BrIN4O.